The van der Waals surface area contributed by atoms with E-state index in [9.17, 15) is 14.0 Å². The Morgan fingerprint density at radius 3 is 2.67 bits per heavy atom. The Labute approximate surface area is 137 Å². The van der Waals surface area contributed by atoms with Crippen molar-refractivity contribution in [2.45, 2.75) is 6.61 Å². The van der Waals surface area contributed by atoms with E-state index in [1.807, 2.05) is 6.07 Å². The number of rotatable bonds is 7. The molecular formula is C17H14F2N2O3. The lowest BCUT2D eigenvalue weighted by molar-refractivity contribution is -0.259. The number of nitriles is 1. The molecule has 0 saturated heterocycles. The molecule has 7 heteroatoms. The van der Waals surface area contributed by atoms with E-state index in [1.165, 1.54) is 18.4 Å². The van der Waals surface area contributed by atoms with Gasteiger partial charge in [0.15, 0.2) is 11.6 Å². The molecule has 124 valence electrons. The third-order valence-corrected chi connectivity index (χ3v) is 2.86. The van der Waals surface area contributed by atoms with Gasteiger partial charge in [-0.05, 0) is 35.9 Å². The highest BCUT2D eigenvalue weighted by Crippen LogP contribution is 2.27. The Kier molecular flexibility index (Phi) is 6.25. The topological polar surface area (TPSA) is 77.5 Å². The fourth-order valence-corrected chi connectivity index (χ4v) is 1.75. The monoisotopic (exact) mass is 332 g/mol. The van der Waals surface area contributed by atoms with Crippen LogP contribution in [0, 0.1) is 23.0 Å². The van der Waals surface area contributed by atoms with Crippen LogP contribution in [0.1, 0.15) is 11.1 Å². The minimum absolute atomic E-state index is 0.0876. The van der Waals surface area contributed by atoms with Gasteiger partial charge in [-0.15, -0.1) is 0 Å². The Balaban J connectivity index is 2.07. The highest BCUT2D eigenvalue weighted by Gasteiger charge is 2.09. The van der Waals surface area contributed by atoms with Crippen molar-refractivity contribution < 1.29 is 23.3 Å². The van der Waals surface area contributed by atoms with E-state index in [0.29, 0.717) is 12.1 Å². The van der Waals surface area contributed by atoms with Crippen LogP contribution >= 0.6 is 0 Å². The molecule has 0 fully saturated rings. The van der Waals surface area contributed by atoms with Gasteiger partial charge in [0.25, 0.3) is 0 Å². The largest absolute Gasteiger partial charge is 0.456 e. The van der Waals surface area contributed by atoms with E-state index in [4.69, 9.17) is 20.2 Å². The molecule has 0 atom stereocenters. The predicted molar refractivity (Wildman–Crippen MR) is 81.7 cm³/mol. The quantitative estimate of drug-likeness (QED) is 0.363. The van der Waals surface area contributed by atoms with Gasteiger partial charge < -0.3 is 15.4 Å². The van der Waals surface area contributed by atoms with Gasteiger partial charge in [-0.3, -0.25) is 0 Å². The normalized spacial score (nSPS) is 10.6. The van der Waals surface area contributed by atoms with Crippen LogP contribution in [-0.4, -0.2) is 6.54 Å². The second-order valence-electron chi connectivity index (χ2n) is 4.59. The number of hydrogen-bond donors (Lipinski definition) is 1. The standard InChI is InChI=1S/C17H14F2N2O3/c18-15-4-3-14(9-16(15)19)24-17-5-2-12(8-13(17)10-21)11-23-22-7-1-6-20/h1-5,7-9H,6,11,20H2. The Bertz CT molecular complexity index is 773. The zero-order chi connectivity index (χ0) is 17.4. The van der Waals surface area contributed by atoms with Gasteiger partial charge in [0.1, 0.15) is 30.4 Å². The Morgan fingerprint density at radius 2 is 1.96 bits per heavy atom. The maximum Gasteiger partial charge on any atom is 0.162 e. The zero-order valence-electron chi connectivity index (χ0n) is 12.5. The van der Waals surface area contributed by atoms with Gasteiger partial charge >= 0.3 is 0 Å². The number of halogens is 2. The molecule has 0 unspecified atom stereocenters. The third kappa shape index (κ3) is 4.78. The maximum absolute atomic E-state index is 13.2. The first-order valence-corrected chi connectivity index (χ1v) is 6.93. The van der Waals surface area contributed by atoms with Crippen LogP contribution in [0.15, 0.2) is 48.7 Å². The van der Waals surface area contributed by atoms with E-state index >= 15 is 0 Å². The molecule has 2 rings (SSSR count). The van der Waals surface area contributed by atoms with E-state index in [-0.39, 0.29) is 23.7 Å². The molecule has 2 aromatic carbocycles. The summed E-state index contributed by atoms with van der Waals surface area (Å²) in [4.78, 5) is 9.67. The van der Waals surface area contributed by atoms with Crippen molar-refractivity contribution in [3.05, 3.63) is 71.5 Å². The maximum atomic E-state index is 13.2. The molecule has 24 heavy (non-hydrogen) atoms. The van der Waals surface area contributed by atoms with Crippen LogP contribution in [0.5, 0.6) is 11.5 Å². The molecule has 0 aromatic heterocycles. The minimum Gasteiger partial charge on any atom is -0.456 e. The number of benzene rings is 2. The van der Waals surface area contributed by atoms with Gasteiger partial charge in [-0.2, -0.15) is 10.1 Å². The highest BCUT2D eigenvalue weighted by molar-refractivity contribution is 5.47. The van der Waals surface area contributed by atoms with E-state index in [1.54, 1.807) is 18.2 Å². The third-order valence-electron chi connectivity index (χ3n) is 2.86. The fourth-order valence-electron chi connectivity index (χ4n) is 1.75. The smallest absolute Gasteiger partial charge is 0.162 e. The lowest BCUT2D eigenvalue weighted by Gasteiger charge is -2.09. The molecule has 0 radical (unpaired) electrons. The van der Waals surface area contributed by atoms with Crippen LogP contribution in [0.4, 0.5) is 8.78 Å². The second kappa shape index (κ2) is 8.62. The molecule has 0 heterocycles. The lowest BCUT2D eigenvalue weighted by atomic mass is 10.1. The summed E-state index contributed by atoms with van der Waals surface area (Å²) < 4.78 is 31.5. The van der Waals surface area contributed by atoms with Crippen molar-refractivity contribution >= 4 is 0 Å². The second-order valence-corrected chi connectivity index (χ2v) is 4.59. The molecule has 0 bridgehead atoms. The Hall–Kier alpha value is -2.95. The summed E-state index contributed by atoms with van der Waals surface area (Å²) >= 11 is 0. The van der Waals surface area contributed by atoms with Crippen molar-refractivity contribution in [3.8, 4) is 17.6 Å². The summed E-state index contributed by atoms with van der Waals surface area (Å²) in [6.07, 6.45) is 2.88. The highest BCUT2D eigenvalue weighted by atomic mass is 19.2. The zero-order valence-corrected chi connectivity index (χ0v) is 12.5. The summed E-state index contributed by atoms with van der Waals surface area (Å²) in [5, 5.41) is 9.20. The average Bonchev–Trinajstić information content (AvgIpc) is 2.59. The average molecular weight is 332 g/mol. The number of hydrogen-bond acceptors (Lipinski definition) is 5. The van der Waals surface area contributed by atoms with Crippen LogP contribution in [-0.2, 0) is 16.4 Å². The number of ether oxygens (including phenoxy) is 1. The molecule has 2 N–H and O–H groups in total. The van der Waals surface area contributed by atoms with Crippen LogP contribution < -0.4 is 10.5 Å². The first-order valence-electron chi connectivity index (χ1n) is 6.93. The van der Waals surface area contributed by atoms with Crippen molar-refractivity contribution in [3.63, 3.8) is 0 Å². The molecule has 0 saturated carbocycles. The van der Waals surface area contributed by atoms with Gasteiger partial charge in [-0.1, -0.05) is 6.07 Å². The lowest BCUT2D eigenvalue weighted by Crippen LogP contribution is -1.96. The summed E-state index contributed by atoms with van der Waals surface area (Å²) in [7, 11) is 0. The van der Waals surface area contributed by atoms with Crippen molar-refractivity contribution in [1.82, 2.24) is 0 Å². The van der Waals surface area contributed by atoms with Crippen LogP contribution in [0.3, 0.4) is 0 Å². The SMILES string of the molecule is N#Cc1cc(COOC=CCN)ccc1Oc1ccc(F)c(F)c1. The minimum atomic E-state index is -1.03. The molecular weight excluding hydrogens is 318 g/mol. The molecule has 0 aliphatic heterocycles. The number of nitrogens with two attached hydrogens (primary N) is 1. The van der Waals surface area contributed by atoms with Crippen molar-refractivity contribution in [2.75, 3.05) is 6.54 Å². The fraction of sp³-hybridized carbons (Fsp3) is 0.118. The van der Waals surface area contributed by atoms with Gasteiger partial charge in [0.05, 0.1) is 5.56 Å². The summed E-state index contributed by atoms with van der Waals surface area (Å²) in [6.45, 7) is 0.438. The molecule has 0 spiro atoms. The molecule has 0 aliphatic carbocycles. The van der Waals surface area contributed by atoms with E-state index in [0.717, 1.165) is 12.1 Å². The first-order chi connectivity index (χ1) is 11.6. The van der Waals surface area contributed by atoms with Crippen molar-refractivity contribution in [2.24, 2.45) is 5.73 Å². The number of nitrogens with zero attached hydrogens (tertiary/aromatic N) is 1. The summed E-state index contributed by atoms with van der Waals surface area (Å²) in [6, 6.07) is 9.84. The van der Waals surface area contributed by atoms with E-state index in [2.05, 4.69) is 0 Å². The van der Waals surface area contributed by atoms with Crippen molar-refractivity contribution in [1.29, 1.82) is 5.26 Å². The molecule has 0 amide bonds. The van der Waals surface area contributed by atoms with Crippen LogP contribution in [0.25, 0.3) is 0 Å². The van der Waals surface area contributed by atoms with Gasteiger partial charge in [-0.25, -0.2) is 8.78 Å². The summed E-state index contributed by atoms with van der Waals surface area (Å²) in [5.41, 5.74) is 6.13. The van der Waals surface area contributed by atoms with Gasteiger partial charge in [0, 0.05) is 12.6 Å². The molecule has 5 nitrogen and oxygen atoms in total. The van der Waals surface area contributed by atoms with Crippen LogP contribution in [0.2, 0.25) is 0 Å². The molecule has 2 aromatic rings. The predicted octanol–water partition coefficient (Wildman–Crippen LogP) is 3.55. The Morgan fingerprint density at radius 1 is 1.12 bits per heavy atom. The van der Waals surface area contributed by atoms with Gasteiger partial charge in [0.2, 0.25) is 0 Å². The summed E-state index contributed by atoms with van der Waals surface area (Å²) in [5.74, 6) is -1.70. The molecule has 0 aliphatic rings. The van der Waals surface area contributed by atoms with E-state index < -0.39 is 11.6 Å². The first kappa shape index (κ1) is 17.4.